The van der Waals surface area contributed by atoms with Gasteiger partial charge in [-0.1, -0.05) is 0 Å². The number of hydrogen-bond donors (Lipinski definition) is 1. The van der Waals surface area contributed by atoms with Gasteiger partial charge in [0, 0.05) is 6.07 Å². The van der Waals surface area contributed by atoms with E-state index in [1.807, 2.05) is 0 Å². The van der Waals surface area contributed by atoms with Gasteiger partial charge in [-0.05, 0) is 12.1 Å². The summed E-state index contributed by atoms with van der Waals surface area (Å²) in [5.74, 6) is 0. The molecule has 0 saturated heterocycles. The van der Waals surface area contributed by atoms with Crippen molar-refractivity contribution in [3.8, 4) is 0 Å². The first-order valence-electron chi connectivity index (χ1n) is 3.83. The second-order valence-corrected chi connectivity index (χ2v) is 4.38. The molecule has 0 aromatic heterocycles. The molecule has 2 N–H and O–H groups in total. The molecule has 0 bridgehead atoms. The Labute approximate surface area is 88.9 Å². The number of sulfonamides is 1. The summed E-state index contributed by atoms with van der Waals surface area (Å²) in [5, 5.41) is 15.2. The topological polar surface area (TPSA) is 103 Å². The Bertz CT molecular complexity index is 529. The van der Waals surface area contributed by atoms with Crippen molar-refractivity contribution in [2.75, 3.05) is 0 Å². The summed E-state index contributed by atoms with van der Waals surface area (Å²) in [7, 11) is -4.15. The lowest BCUT2D eigenvalue weighted by Gasteiger charge is -2.03. The van der Waals surface area contributed by atoms with Crippen LogP contribution >= 0.6 is 0 Å². The fourth-order valence-electron chi connectivity index (χ4n) is 1.04. The molecule has 0 amide bonds. The van der Waals surface area contributed by atoms with Gasteiger partial charge in [0.2, 0.25) is 10.0 Å². The molecule has 88 valence electrons. The van der Waals surface area contributed by atoms with Crippen LogP contribution in [-0.4, -0.2) is 13.3 Å². The van der Waals surface area contributed by atoms with E-state index in [-0.39, 0.29) is 0 Å². The maximum atomic E-state index is 12.3. The van der Waals surface area contributed by atoms with Crippen LogP contribution in [0, 0.1) is 10.1 Å². The Balaban J connectivity index is 3.46. The Morgan fingerprint density at radius 3 is 2.31 bits per heavy atom. The average molecular weight is 252 g/mol. The van der Waals surface area contributed by atoms with Gasteiger partial charge < -0.3 is 0 Å². The lowest BCUT2D eigenvalue weighted by atomic mass is 10.2. The van der Waals surface area contributed by atoms with Gasteiger partial charge in [0.25, 0.3) is 12.1 Å². The van der Waals surface area contributed by atoms with Crippen LogP contribution in [0.4, 0.5) is 14.5 Å². The molecule has 0 aliphatic carbocycles. The first-order chi connectivity index (χ1) is 7.23. The molecule has 0 aliphatic heterocycles. The van der Waals surface area contributed by atoms with E-state index >= 15 is 0 Å². The zero-order chi connectivity index (χ0) is 12.5. The zero-order valence-electron chi connectivity index (χ0n) is 7.63. The first-order valence-corrected chi connectivity index (χ1v) is 5.37. The Hall–Kier alpha value is -1.61. The summed E-state index contributed by atoms with van der Waals surface area (Å²) in [5.41, 5.74) is -1.82. The molecule has 0 saturated carbocycles. The number of halogens is 2. The summed E-state index contributed by atoms with van der Waals surface area (Å²) < 4.78 is 46.4. The second kappa shape index (κ2) is 4.10. The maximum absolute atomic E-state index is 12.3. The van der Waals surface area contributed by atoms with Crippen molar-refractivity contribution < 1.29 is 22.1 Å². The highest BCUT2D eigenvalue weighted by molar-refractivity contribution is 7.89. The largest absolute Gasteiger partial charge is 0.279 e. The lowest BCUT2D eigenvalue weighted by molar-refractivity contribution is -0.386. The van der Waals surface area contributed by atoms with Crippen LogP contribution in [0.15, 0.2) is 23.1 Å². The number of primary sulfonamides is 1. The predicted octanol–water partition coefficient (Wildman–Crippen LogP) is 1.18. The van der Waals surface area contributed by atoms with E-state index in [2.05, 4.69) is 0 Å². The molecule has 6 nitrogen and oxygen atoms in total. The molecule has 0 atom stereocenters. The molecule has 9 heteroatoms. The summed E-state index contributed by atoms with van der Waals surface area (Å²) in [6.45, 7) is 0. The van der Waals surface area contributed by atoms with Crippen LogP contribution in [0.1, 0.15) is 12.0 Å². The lowest BCUT2D eigenvalue weighted by Crippen LogP contribution is -2.12. The molecule has 0 radical (unpaired) electrons. The molecule has 0 heterocycles. The van der Waals surface area contributed by atoms with Crippen molar-refractivity contribution in [1.29, 1.82) is 0 Å². The molecule has 0 unspecified atom stereocenters. The van der Waals surface area contributed by atoms with Gasteiger partial charge >= 0.3 is 0 Å². The molecular weight excluding hydrogens is 246 g/mol. The number of nitrogens with zero attached hydrogens (tertiary/aromatic N) is 1. The standard InChI is InChI=1S/C7H6F2N2O4S/c8-7(9)5-2-1-4(16(10,14)15)3-6(5)11(12)13/h1-3,7H,(H2,10,14,15). The maximum Gasteiger partial charge on any atom is 0.279 e. The number of nitrogens with two attached hydrogens (primary N) is 1. The average Bonchev–Trinajstić information content (AvgIpc) is 2.15. The molecule has 16 heavy (non-hydrogen) atoms. The van der Waals surface area contributed by atoms with Gasteiger partial charge in [0.1, 0.15) is 0 Å². The van der Waals surface area contributed by atoms with E-state index in [1.54, 1.807) is 0 Å². The number of benzene rings is 1. The Morgan fingerprint density at radius 1 is 1.38 bits per heavy atom. The minimum atomic E-state index is -4.15. The van der Waals surface area contributed by atoms with E-state index < -0.39 is 37.5 Å². The van der Waals surface area contributed by atoms with Gasteiger partial charge in [0.15, 0.2) is 0 Å². The van der Waals surface area contributed by atoms with Gasteiger partial charge in [-0.2, -0.15) is 0 Å². The van der Waals surface area contributed by atoms with Gasteiger partial charge in [-0.25, -0.2) is 22.3 Å². The molecule has 1 aromatic carbocycles. The third-order valence-electron chi connectivity index (χ3n) is 1.76. The van der Waals surface area contributed by atoms with Crippen LogP contribution in [0.2, 0.25) is 0 Å². The zero-order valence-corrected chi connectivity index (χ0v) is 8.45. The monoisotopic (exact) mass is 252 g/mol. The predicted molar refractivity (Wildman–Crippen MR) is 49.4 cm³/mol. The Kier molecular flexibility index (Phi) is 3.19. The van der Waals surface area contributed by atoms with Crippen molar-refractivity contribution in [1.82, 2.24) is 0 Å². The minimum absolute atomic E-state index is 0.511. The smallest absolute Gasteiger partial charge is 0.258 e. The van der Waals surface area contributed by atoms with Crippen molar-refractivity contribution in [2.45, 2.75) is 11.3 Å². The minimum Gasteiger partial charge on any atom is -0.258 e. The summed E-state index contributed by atoms with van der Waals surface area (Å²) in [6.07, 6.45) is -3.06. The number of hydrogen-bond acceptors (Lipinski definition) is 4. The number of alkyl halides is 2. The van der Waals surface area contributed by atoms with Crippen molar-refractivity contribution in [3.05, 3.63) is 33.9 Å². The van der Waals surface area contributed by atoms with Crippen LogP contribution in [0.25, 0.3) is 0 Å². The SMILES string of the molecule is NS(=O)(=O)c1ccc(C(F)F)c([N+](=O)[O-])c1. The van der Waals surface area contributed by atoms with Gasteiger partial charge in [0.05, 0.1) is 15.4 Å². The van der Waals surface area contributed by atoms with E-state index in [0.29, 0.717) is 12.1 Å². The molecule has 1 rings (SSSR count). The third-order valence-corrected chi connectivity index (χ3v) is 2.67. The Morgan fingerprint density at radius 2 is 1.94 bits per heavy atom. The summed E-state index contributed by atoms with van der Waals surface area (Å²) in [4.78, 5) is 8.77. The van der Waals surface area contributed by atoms with Crippen LogP contribution in [0.3, 0.4) is 0 Å². The molecule has 0 aliphatic rings. The summed E-state index contributed by atoms with van der Waals surface area (Å²) >= 11 is 0. The molecular formula is C7H6F2N2O4S. The molecule has 1 aromatic rings. The van der Waals surface area contributed by atoms with Gasteiger partial charge in [-0.3, -0.25) is 10.1 Å². The highest BCUT2D eigenvalue weighted by Crippen LogP contribution is 2.30. The van der Waals surface area contributed by atoms with Crippen molar-refractivity contribution in [2.24, 2.45) is 5.14 Å². The quantitative estimate of drug-likeness (QED) is 0.644. The van der Waals surface area contributed by atoms with E-state index in [4.69, 9.17) is 5.14 Å². The van der Waals surface area contributed by atoms with E-state index in [9.17, 15) is 27.3 Å². The van der Waals surface area contributed by atoms with Crippen LogP contribution < -0.4 is 5.14 Å². The second-order valence-electron chi connectivity index (χ2n) is 2.82. The van der Waals surface area contributed by atoms with Crippen molar-refractivity contribution >= 4 is 15.7 Å². The third kappa shape index (κ3) is 2.49. The highest BCUT2D eigenvalue weighted by Gasteiger charge is 2.24. The van der Waals surface area contributed by atoms with Crippen molar-refractivity contribution in [3.63, 3.8) is 0 Å². The first kappa shape index (κ1) is 12.5. The number of nitro benzene ring substituents is 1. The number of rotatable bonds is 3. The fourth-order valence-corrected chi connectivity index (χ4v) is 1.58. The van der Waals surface area contributed by atoms with Crippen LogP contribution in [-0.2, 0) is 10.0 Å². The van der Waals surface area contributed by atoms with Crippen LogP contribution in [0.5, 0.6) is 0 Å². The molecule has 0 fully saturated rings. The fraction of sp³-hybridized carbons (Fsp3) is 0.143. The van der Waals surface area contributed by atoms with E-state index in [1.165, 1.54) is 0 Å². The van der Waals surface area contributed by atoms with E-state index in [0.717, 1.165) is 6.07 Å². The highest BCUT2D eigenvalue weighted by atomic mass is 32.2. The van der Waals surface area contributed by atoms with Gasteiger partial charge in [-0.15, -0.1) is 0 Å². The summed E-state index contributed by atoms with van der Waals surface area (Å²) in [6, 6.07) is 1.98. The normalized spacial score (nSPS) is 11.8. The number of nitro groups is 1. The molecule has 0 spiro atoms.